The van der Waals surface area contributed by atoms with Crippen molar-refractivity contribution in [1.82, 2.24) is 0 Å². The van der Waals surface area contributed by atoms with Gasteiger partial charge in [0.05, 0.1) is 11.3 Å². The van der Waals surface area contributed by atoms with Gasteiger partial charge >= 0.3 is 0 Å². The first-order chi connectivity index (χ1) is 12.4. The number of benzene rings is 2. The van der Waals surface area contributed by atoms with E-state index in [0.29, 0.717) is 11.6 Å². The maximum atomic E-state index is 14.3. The third-order valence-electron chi connectivity index (χ3n) is 3.65. The fraction of sp³-hybridized carbons (Fsp3) is 0.0526. The molecule has 1 heterocycles. The molecule has 3 nitrogen and oxygen atoms in total. The number of anilines is 1. The lowest BCUT2D eigenvalue weighted by Crippen LogP contribution is -2.14. The van der Waals surface area contributed by atoms with E-state index < -0.39 is 23.4 Å². The van der Waals surface area contributed by atoms with Crippen molar-refractivity contribution in [3.05, 3.63) is 77.8 Å². The van der Waals surface area contributed by atoms with Crippen LogP contribution in [0.25, 0.3) is 11.1 Å². The van der Waals surface area contributed by atoms with Crippen molar-refractivity contribution in [2.75, 3.05) is 5.32 Å². The Balaban J connectivity index is 1.83. The molecule has 0 fully saturated rings. The molecule has 0 saturated heterocycles. The first kappa shape index (κ1) is 17.9. The second-order valence-electron chi connectivity index (χ2n) is 5.47. The molecular weight excluding hydrogens is 365 g/mol. The molecule has 1 aliphatic rings. The van der Waals surface area contributed by atoms with Crippen molar-refractivity contribution >= 4 is 28.4 Å². The van der Waals surface area contributed by atoms with Crippen LogP contribution in [-0.2, 0) is 4.79 Å². The molecule has 7 heteroatoms. The van der Waals surface area contributed by atoms with Gasteiger partial charge in [0.1, 0.15) is 22.6 Å². The van der Waals surface area contributed by atoms with Gasteiger partial charge in [-0.15, -0.1) is 0 Å². The Morgan fingerprint density at radius 3 is 2.62 bits per heavy atom. The largest absolute Gasteiger partial charge is 0.319 e. The van der Waals surface area contributed by atoms with Crippen molar-refractivity contribution in [3.63, 3.8) is 0 Å². The Morgan fingerprint density at radius 1 is 1.08 bits per heavy atom. The molecule has 2 aromatic carbocycles. The maximum absolute atomic E-state index is 14.3. The zero-order valence-electron chi connectivity index (χ0n) is 13.3. The maximum Gasteiger partial charge on any atom is 0.257 e. The number of amides is 1. The molecule has 0 aliphatic carbocycles. The summed E-state index contributed by atoms with van der Waals surface area (Å²) in [5, 5.41) is 2.76. The second-order valence-corrected chi connectivity index (χ2v) is 5.91. The van der Waals surface area contributed by atoms with Gasteiger partial charge in [0.2, 0.25) is 0 Å². The lowest BCUT2D eigenvalue weighted by molar-refractivity contribution is -0.112. The Hall–Kier alpha value is -2.86. The van der Waals surface area contributed by atoms with E-state index in [2.05, 4.69) is 10.3 Å². The number of hydrogen-bond acceptors (Lipinski definition) is 2. The molecule has 0 spiro atoms. The normalized spacial score (nSPS) is 13.7. The van der Waals surface area contributed by atoms with Gasteiger partial charge in [-0.05, 0) is 29.8 Å². The van der Waals surface area contributed by atoms with Crippen molar-refractivity contribution in [3.8, 4) is 11.1 Å². The third-order valence-corrected chi connectivity index (χ3v) is 3.90. The summed E-state index contributed by atoms with van der Waals surface area (Å²) in [5.41, 5.74) is 0.424. The van der Waals surface area contributed by atoms with E-state index in [4.69, 9.17) is 11.6 Å². The highest BCUT2D eigenvalue weighted by atomic mass is 35.5. The van der Waals surface area contributed by atoms with Gasteiger partial charge < -0.3 is 5.32 Å². The van der Waals surface area contributed by atoms with Crippen molar-refractivity contribution < 1.29 is 18.0 Å². The fourth-order valence-corrected chi connectivity index (χ4v) is 2.49. The summed E-state index contributed by atoms with van der Waals surface area (Å²) in [7, 11) is 0. The van der Waals surface area contributed by atoms with Crippen LogP contribution >= 0.6 is 11.6 Å². The smallest absolute Gasteiger partial charge is 0.257 e. The number of carbonyl (C=O) groups is 1. The van der Waals surface area contributed by atoms with E-state index in [9.17, 15) is 18.0 Å². The molecule has 0 bridgehead atoms. The first-order valence-corrected chi connectivity index (χ1v) is 7.97. The Kier molecular flexibility index (Phi) is 5.23. The van der Waals surface area contributed by atoms with Gasteiger partial charge in [-0.3, -0.25) is 4.79 Å². The number of halogens is 4. The van der Waals surface area contributed by atoms with Crippen molar-refractivity contribution in [1.29, 1.82) is 0 Å². The molecule has 1 aliphatic heterocycles. The molecule has 0 radical (unpaired) electrons. The zero-order valence-corrected chi connectivity index (χ0v) is 14.0. The standard InChI is InChI=1S/C19H12ClF3N2O/c20-18-3-1-2-12(10-24-18)19(26)25-17-7-4-11(8-16(17)23)14-6-5-13(21)9-15(14)22/h1-2,4-10H,3H2,(H,25,26). The van der Waals surface area contributed by atoms with Crippen LogP contribution in [0, 0.1) is 17.5 Å². The quantitative estimate of drug-likeness (QED) is 0.786. The predicted octanol–water partition coefficient (Wildman–Crippen LogP) is 5.19. The van der Waals surface area contributed by atoms with Crippen molar-refractivity contribution in [2.45, 2.75) is 6.42 Å². The van der Waals surface area contributed by atoms with Crippen LogP contribution in [0.3, 0.4) is 0 Å². The van der Waals surface area contributed by atoms with Crippen LogP contribution < -0.4 is 5.32 Å². The lowest BCUT2D eigenvalue weighted by atomic mass is 10.0. The minimum Gasteiger partial charge on any atom is -0.319 e. The predicted molar refractivity (Wildman–Crippen MR) is 95.5 cm³/mol. The molecule has 1 amide bonds. The molecule has 26 heavy (non-hydrogen) atoms. The molecular formula is C19H12ClF3N2O. The average Bonchev–Trinajstić information content (AvgIpc) is 2.81. The number of nitrogens with zero attached hydrogens (tertiary/aromatic N) is 1. The molecule has 0 saturated carbocycles. The summed E-state index contributed by atoms with van der Waals surface area (Å²) in [5.74, 6) is -2.83. The van der Waals surface area contributed by atoms with E-state index in [1.807, 2.05) is 0 Å². The number of nitrogens with one attached hydrogen (secondary N) is 1. The number of hydrogen-bond donors (Lipinski definition) is 1. The number of rotatable bonds is 3. The zero-order chi connectivity index (χ0) is 18.7. The van der Waals surface area contributed by atoms with Gasteiger partial charge in [0.15, 0.2) is 0 Å². The minimum atomic E-state index is -0.801. The highest BCUT2D eigenvalue weighted by Crippen LogP contribution is 2.27. The van der Waals surface area contributed by atoms with E-state index in [-0.39, 0.29) is 22.4 Å². The molecule has 3 rings (SSSR count). The van der Waals surface area contributed by atoms with Crippen LogP contribution in [-0.4, -0.2) is 11.1 Å². The molecule has 2 aromatic rings. The first-order valence-electron chi connectivity index (χ1n) is 7.59. The highest BCUT2D eigenvalue weighted by Gasteiger charge is 2.14. The monoisotopic (exact) mass is 376 g/mol. The van der Waals surface area contributed by atoms with Crippen LogP contribution in [0.4, 0.5) is 18.9 Å². The van der Waals surface area contributed by atoms with E-state index in [1.165, 1.54) is 30.5 Å². The van der Waals surface area contributed by atoms with Gasteiger partial charge in [-0.25, -0.2) is 18.2 Å². The Morgan fingerprint density at radius 2 is 1.88 bits per heavy atom. The summed E-state index contributed by atoms with van der Waals surface area (Å²) in [4.78, 5) is 16.1. The third kappa shape index (κ3) is 4.03. The molecule has 132 valence electrons. The second kappa shape index (κ2) is 7.58. The average molecular weight is 377 g/mol. The van der Waals surface area contributed by atoms with Crippen LogP contribution in [0.15, 0.2) is 65.3 Å². The Labute approximate surface area is 152 Å². The molecule has 0 unspecified atom stereocenters. The topological polar surface area (TPSA) is 41.5 Å². The summed E-state index contributed by atoms with van der Waals surface area (Å²) in [6.07, 6.45) is 4.90. The number of aliphatic imine (C=N–C) groups is 1. The molecule has 0 aromatic heterocycles. The SMILES string of the molecule is O=C(Nc1ccc(-c2ccc(F)cc2F)cc1F)C1=CN=C(Cl)CC=C1. The summed E-state index contributed by atoms with van der Waals surface area (Å²) in [6.45, 7) is 0. The number of allylic oxidation sites excluding steroid dienone is 1. The Bertz CT molecular complexity index is 967. The van der Waals surface area contributed by atoms with E-state index >= 15 is 0 Å². The van der Waals surface area contributed by atoms with Gasteiger partial charge in [-0.1, -0.05) is 29.8 Å². The van der Waals surface area contributed by atoms with E-state index in [0.717, 1.165) is 18.2 Å². The molecule has 1 N–H and O–H groups in total. The minimum absolute atomic E-state index is 0.0570. The highest BCUT2D eigenvalue weighted by molar-refractivity contribution is 6.65. The summed E-state index contributed by atoms with van der Waals surface area (Å²) < 4.78 is 41.1. The van der Waals surface area contributed by atoms with Crippen LogP contribution in [0.1, 0.15) is 6.42 Å². The lowest BCUT2D eigenvalue weighted by Gasteiger charge is -2.09. The summed E-state index contributed by atoms with van der Waals surface area (Å²) in [6, 6.07) is 6.84. The fourth-order valence-electron chi connectivity index (χ4n) is 2.35. The van der Waals surface area contributed by atoms with Crippen LogP contribution in [0.5, 0.6) is 0 Å². The van der Waals surface area contributed by atoms with Gasteiger partial charge in [0, 0.05) is 24.3 Å². The van der Waals surface area contributed by atoms with Gasteiger partial charge in [0.25, 0.3) is 5.91 Å². The van der Waals surface area contributed by atoms with Gasteiger partial charge in [-0.2, -0.15) is 0 Å². The van der Waals surface area contributed by atoms with Crippen LogP contribution in [0.2, 0.25) is 0 Å². The molecule has 0 atom stereocenters. The number of carbonyl (C=O) groups excluding carboxylic acids is 1. The van der Waals surface area contributed by atoms with Crippen molar-refractivity contribution in [2.24, 2.45) is 4.99 Å². The van der Waals surface area contributed by atoms with E-state index in [1.54, 1.807) is 6.08 Å². The summed E-state index contributed by atoms with van der Waals surface area (Å²) >= 11 is 5.78.